The molecule has 0 aromatic heterocycles. The van der Waals surface area contributed by atoms with Crippen molar-refractivity contribution in [3.8, 4) is 6.07 Å². The maximum absolute atomic E-state index is 13.6. The van der Waals surface area contributed by atoms with E-state index < -0.39 is 17.1 Å². The van der Waals surface area contributed by atoms with Crippen LogP contribution in [0.3, 0.4) is 0 Å². The van der Waals surface area contributed by atoms with Gasteiger partial charge in [-0.25, -0.2) is 13.2 Å². The first-order valence-electron chi connectivity index (χ1n) is 13.4. The number of benzene rings is 2. The zero-order valence-electron chi connectivity index (χ0n) is 23.0. The molecule has 2 fully saturated rings. The van der Waals surface area contributed by atoms with E-state index in [-0.39, 0.29) is 23.0 Å². The topological polar surface area (TPSA) is 91.4 Å². The molecule has 2 aromatic carbocycles. The Morgan fingerprint density at radius 1 is 1.12 bits per heavy atom. The van der Waals surface area contributed by atoms with E-state index in [1.165, 1.54) is 31.4 Å². The fourth-order valence-electron chi connectivity index (χ4n) is 4.79. The van der Waals surface area contributed by atoms with E-state index in [1.807, 2.05) is 18.2 Å². The Morgan fingerprint density at radius 3 is 2.40 bits per heavy atom. The number of nitrogens with two attached hydrogens (primary N) is 1. The summed E-state index contributed by atoms with van der Waals surface area (Å²) in [4.78, 5) is 16.1. The lowest BCUT2D eigenvalue weighted by molar-refractivity contribution is -0.145. The maximum atomic E-state index is 13.6. The molecule has 2 aromatic rings. The van der Waals surface area contributed by atoms with E-state index >= 15 is 0 Å². The SMILES string of the molecule is CC1(F)CN(CCCCSc2ccc(F)cc2)C1.COC1(C(=O)NSc2cc(F)c(N)c(C#N)c2)CCCCC1. The summed E-state index contributed by atoms with van der Waals surface area (Å²) in [7, 11) is 1.53. The van der Waals surface area contributed by atoms with Gasteiger partial charge in [0.15, 0.2) is 0 Å². The molecule has 3 N–H and O–H groups in total. The van der Waals surface area contributed by atoms with E-state index in [0.717, 1.165) is 61.2 Å². The van der Waals surface area contributed by atoms with Crippen molar-refractivity contribution in [3.63, 3.8) is 0 Å². The highest BCUT2D eigenvalue weighted by molar-refractivity contribution is 7.99. The molecule has 1 amide bonds. The molecular formula is C29H37F3N4O2S2. The largest absolute Gasteiger partial charge is 0.395 e. The van der Waals surface area contributed by atoms with Crippen LogP contribution in [0.15, 0.2) is 46.2 Å². The number of halogens is 3. The maximum Gasteiger partial charge on any atom is 0.262 e. The van der Waals surface area contributed by atoms with Crippen LogP contribution in [0.2, 0.25) is 0 Å². The van der Waals surface area contributed by atoms with Gasteiger partial charge in [-0.3, -0.25) is 14.4 Å². The summed E-state index contributed by atoms with van der Waals surface area (Å²) >= 11 is 2.71. The van der Waals surface area contributed by atoms with Crippen LogP contribution in [-0.2, 0) is 9.53 Å². The van der Waals surface area contributed by atoms with Crippen LogP contribution in [0.4, 0.5) is 18.9 Å². The van der Waals surface area contributed by atoms with Crippen molar-refractivity contribution in [1.82, 2.24) is 9.62 Å². The van der Waals surface area contributed by atoms with E-state index in [0.29, 0.717) is 30.8 Å². The number of anilines is 1. The first-order chi connectivity index (χ1) is 19.1. The Kier molecular flexibility index (Phi) is 12.1. The number of hydrogen-bond donors (Lipinski definition) is 2. The Bertz CT molecular complexity index is 1160. The Labute approximate surface area is 243 Å². The third kappa shape index (κ3) is 9.33. The number of ether oxygens (including phenoxy) is 1. The number of alkyl halides is 1. The highest BCUT2D eigenvalue weighted by Crippen LogP contribution is 2.33. The summed E-state index contributed by atoms with van der Waals surface area (Å²) < 4.78 is 47.6. The number of nitriles is 1. The van der Waals surface area contributed by atoms with Crippen LogP contribution in [0.1, 0.15) is 57.4 Å². The molecule has 2 aliphatic rings. The molecule has 0 spiro atoms. The molecule has 4 rings (SSSR count). The van der Waals surface area contributed by atoms with Gasteiger partial charge in [0.1, 0.15) is 29.0 Å². The van der Waals surface area contributed by atoms with Gasteiger partial charge in [-0.1, -0.05) is 19.3 Å². The molecule has 11 heteroatoms. The average molecular weight is 595 g/mol. The van der Waals surface area contributed by atoms with Crippen LogP contribution in [-0.4, -0.2) is 54.6 Å². The average Bonchev–Trinajstić information content (AvgIpc) is 2.93. The van der Waals surface area contributed by atoms with Gasteiger partial charge in [0, 0.05) is 30.0 Å². The third-order valence-electron chi connectivity index (χ3n) is 7.01. The van der Waals surface area contributed by atoms with E-state index in [9.17, 15) is 18.0 Å². The minimum Gasteiger partial charge on any atom is -0.395 e. The number of likely N-dealkylation sites (tertiary alicyclic amines) is 1. The Balaban J connectivity index is 0.000000225. The van der Waals surface area contributed by atoms with Crippen LogP contribution in [0.5, 0.6) is 0 Å². The zero-order chi connectivity index (χ0) is 29.2. The fourth-order valence-corrected chi connectivity index (χ4v) is 6.44. The van der Waals surface area contributed by atoms with E-state index in [4.69, 9.17) is 15.7 Å². The molecule has 218 valence electrons. The molecule has 6 nitrogen and oxygen atoms in total. The molecule has 0 unspecified atom stereocenters. The number of methoxy groups -OCH3 is 1. The van der Waals surface area contributed by atoms with Crippen LogP contribution < -0.4 is 10.5 Å². The lowest BCUT2D eigenvalue weighted by Crippen LogP contribution is -2.57. The summed E-state index contributed by atoms with van der Waals surface area (Å²) in [5, 5.41) is 8.91. The minimum absolute atomic E-state index is 0.0517. The standard InChI is InChI=1S/C15H18FN3O2S.C14H19F2NS/c1-21-15(5-3-2-4-6-15)14(20)19-22-11-7-10(9-17)13(18)12(16)8-11;1-14(16)10-17(11-14)8-2-3-9-18-13-6-4-12(15)5-7-13/h7-8H,2-6,18H2,1H3,(H,19,20);4-7H,2-3,8-11H2,1H3. The molecular weight excluding hydrogens is 557 g/mol. The van der Waals surface area contributed by atoms with Gasteiger partial charge in [0.2, 0.25) is 0 Å². The summed E-state index contributed by atoms with van der Waals surface area (Å²) in [6.45, 7) is 3.81. The molecule has 1 heterocycles. The summed E-state index contributed by atoms with van der Waals surface area (Å²) in [6.07, 6.45) is 6.55. The minimum atomic E-state index is -0.955. The number of carbonyl (C=O) groups is 1. The van der Waals surface area contributed by atoms with Crippen molar-refractivity contribution in [1.29, 1.82) is 5.26 Å². The highest BCUT2D eigenvalue weighted by atomic mass is 32.2. The number of hydrogen-bond acceptors (Lipinski definition) is 7. The number of unbranched alkanes of at least 4 members (excludes halogenated alkanes) is 1. The lowest BCUT2D eigenvalue weighted by atomic mass is 9.84. The number of nitrogens with zero attached hydrogens (tertiary/aromatic N) is 2. The summed E-state index contributed by atoms with van der Waals surface area (Å²) in [5.41, 5.74) is 3.57. The highest BCUT2D eigenvalue weighted by Gasteiger charge is 2.40. The Hall–Kier alpha value is -2.39. The van der Waals surface area contributed by atoms with Gasteiger partial charge in [-0.15, -0.1) is 11.8 Å². The Morgan fingerprint density at radius 2 is 1.80 bits per heavy atom. The molecule has 0 atom stereocenters. The monoisotopic (exact) mass is 594 g/mol. The van der Waals surface area contributed by atoms with Gasteiger partial charge >= 0.3 is 0 Å². The predicted molar refractivity (Wildman–Crippen MR) is 155 cm³/mol. The normalized spacial score (nSPS) is 17.6. The van der Waals surface area contributed by atoms with Gasteiger partial charge in [-0.2, -0.15) is 5.26 Å². The zero-order valence-corrected chi connectivity index (χ0v) is 24.6. The van der Waals surface area contributed by atoms with Crippen molar-refractivity contribution in [2.45, 2.75) is 72.9 Å². The quantitative estimate of drug-likeness (QED) is 0.141. The van der Waals surface area contributed by atoms with E-state index in [2.05, 4.69) is 9.62 Å². The van der Waals surface area contributed by atoms with Gasteiger partial charge < -0.3 is 10.5 Å². The first kappa shape index (κ1) is 32.1. The second-order valence-electron chi connectivity index (χ2n) is 10.4. The van der Waals surface area contributed by atoms with Crippen LogP contribution in [0.25, 0.3) is 0 Å². The number of nitrogen functional groups attached to an aromatic ring is 1. The summed E-state index contributed by atoms with van der Waals surface area (Å²) in [5.74, 6) is -0.0522. The number of amides is 1. The number of carbonyl (C=O) groups excluding carboxylic acids is 1. The second-order valence-corrected chi connectivity index (χ2v) is 12.5. The molecule has 40 heavy (non-hydrogen) atoms. The fraction of sp³-hybridized carbons (Fsp3) is 0.517. The second kappa shape index (κ2) is 15.0. The first-order valence-corrected chi connectivity index (χ1v) is 15.2. The van der Waals surface area contributed by atoms with E-state index in [1.54, 1.807) is 18.7 Å². The van der Waals surface area contributed by atoms with Crippen molar-refractivity contribution in [3.05, 3.63) is 53.6 Å². The van der Waals surface area contributed by atoms with Crippen LogP contribution >= 0.6 is 23.7 Å². The van der Waals surface area contributed by atoms with Crippen molar-refractivity contribution < 1.29 is 22.7 Å². The van der Waals surface area contributed by atoms with Crippen molar-refractivity contribution in [2.75, 3.05) is 38.2 Å². The van der Waals surface area contributed by atoms with Crippen LogP contribution in [0, 0.1) is 23.0 Å². The molecule has 1 saturated carbocycles. The van der Waals surface area contributed by atoms with Gasteiger partial charge in [-0.05, 0) is 93.3 Å². The molecule has 1 aliphatic heterocycles. The third-order valence-corrected chi connectivity index (χ3v) is 8.87. The number of nitrogens with one attached hydrogen (secondary N) is 1. The molecule has 0 bridgehead atoms. The molecule has 0 radical (unpaired) electrons. The van der Waals surface area contributed by atoms with Crippen molar-refractivity contribution >= 4 is 35.3 Å². The number of thioether (sulfide) groups is 1. The summed E-state index contributed by atoms with van der Waals surface area (Å²) in [6, 6.07) is 11.1. The lowest BCUT2D eigenvalue weighted by Gasteiger charge is -2.42. The van der Waals surface area contributed by atoms with Gasteiger partial charge in [0.05, 0.1) is 11.3 Å². The predicted octanol–water partition coefficient (Wildman–Crippen LogP) is 6.49. The van der Waals surface area contributed by atoms with Gasteiger partial charge in [0.25, 0.3) is 5.91 Å². The molecule has 1 aliphatic carbocycles. The molecule has 1 saturated heterocycles. The van der Waals surface area contributed by atoms with Crippen molar-refractivity contribution in [2.24, 2.45) is 0 Å². The smallest absolute Gasteiger partial charge is 0.262 e. The number of rotatable bonds is 10.